The van der Waals surface area contributed by atoms with E-state index < -0.39 is 27.8 Å². The van der Waals surface area contributed by atoms with Gasteiger partial charge in [-0.1, -0.05) is 36.4 Å². The predicted molar refractivity (Wildman–Crippen MR) is 128 cm³/mol. The molecule has 0 saturated carbocycles. The number of hydrogen-bond donors (Lipinski definition) is 1. The number of aryl methyl sites for hydroxylation is 1. The Morgan fingerprint density at radius 2 is 1.69 bits per heavy atom. The third-order valence-electron chi connectivity index (χ3n) is 5.68. The van der Waals surface area contributed by atoms with Crippen LogP contribution in [0.25, 0.3) is 0 Å². The summed E-state index contributed by atoms with van der Waals surface area (Å²) in [5.41, 5.74) is 1.03. The Bertz CT molecular complexity index is 1330. The van der Waals surface area contributed by atoms with Crippen LogP contribution < -0.4 is 9.62 Å². The number of urea groups is 1. The van der Waals surface area contributed by atoms with Gasteiger partial charge in [-0.25, -0.2) is 13.2 Å². The molecule has 0 aromatic heterocycles. The van der Waals surface area contributed by atoms with E-state index >= 15 is 0 Å². The van der Waals surface area contributed by atoms with E-state index in [1.165, 1.54) is 28.0 Å². The van der Waals surface area contributed by atoms with Crippen LogP contribution in [0.15, 0.2) is 77.7 Å². The van der Waals surface area contributed by atoms with Crippen LogP contribution in [-0.4, -0.2) is 32.4 Å². The van der Waals surface area contributed by atoms with Gasteiger partial charge in [0.1, 0.15) is 0 Å². The van der Waals surface area contributed by atoms with Gasteiger partial charge in [-0.15, -0.1) is 0 Å². The van der Waals surface area contributed by atoms with Crippen LogP contribution in [0.5, 0.6) is 0 Å². The molecule has 6 nitrogen and oxygen atoms in total. The molecule has 0 bridgehead atoms. The van der Waals surface area contributed by atoms with Gasteiger partial charge in [-0.3, -0.25) is 9.62 Å². The van der Waals surface area contributed by atoms with E-state index in [0.29, 0.717) is 30.8 Å². The van der Waals surface area contributed by atoms with Crippen LogP contribution in [-0.2, 0) is 22.7 Å². The lowest BCUT2D eigenvalue weighted by molar-refractivity contribution is -0.137. The topological polar surface area (TPSA) is 69.7 Å². The van der Waals surface area contributed by atoms with Crippen molar-refractivity contribution in [3.8, 4) is 0 Å². The normalized spacial score (nSPS) is 14.8. The number of nitrogens with one attached hydrogen (secondary N) is 1. The van der Waals surface area contributed by atoms with Crippen molar-refractivity contribution in [1.82, 2.24) is 4.90 Å². The van der Waals surface area contributed by atoms with Gasteiger partial charge in [-0.05, 0) is 60.9 Å². The minimum atomic E-state index is -4.47. The van der Waals surface area contributed by atoms with E-state index in [9.17, 15) is 26.4 Å². The van der Waals surface area contributed by atoms with Gasteiger partial charge in [0.15, 0.2) is 0 Å². The van der Waals surface area contributed by atoms with Gasteiger partial charge < -0.3 is 4.90 Å². The van der Waals surface area contributed by atoms with Crippen LogP contribution in [0, 0.1) is 6.92 Å². The maximum absolute atomic E-state index is 13.3. The summed E-state index contributed by atoms with van der Waals surface area (Å²) in [7, 11) is -3.90. The highest BCUT2D eigenvalue weighted by Crippen LogP contribution is 2.33. The van der Waals surface area contributed by atoms with Crippen molar-refractivity contribution < 1.29 is 26.4 Å². The number of carbonyl (C=O) groups excluding carboxylic acids is 1. The van der Waals surface area contributed by atoms with E-state index in [0.717, 1.165) is 17.7 Å². The molecule has 1 aliphatic heterocycles. The van der Waals surface area contributed by atoms with E-state index in [1.807, 2.05) is 6.92 Å². The molecule has 1 N–H and O–H groups in total. The van der Waals surface area contributed by atoms with Gasteiger partial charge >= 0.3 is 12.2 Å². The highest BCUT2D eigenvalue weighted by Gasteiger charge is 2.32. The molecule has 3 aromatic carbocycles. The monoisotopic (exact) mass is 503 g/mol. The fourth-order valence-corrected chi connectivity index (χ4v) is 5.07. The molecule has 0 radical (unpaired) electrons. The summed E-state index contributed by atoms with van der Waals surface area (Å²) in [6.07, 6.45) is -3.90. The Balaban J connectivity index is 1.60. The standard InChI is InChI=1S/C25H24F3N3O3S/c1-18-11-12-23(22(15-18)29-35(33,34)21-9-3-2-4-10-21)31-14-6-13-30(24(31)32)17-19-7-5-8-20(16-19)25(26,27)28/h2-5,7-12,15-16,29H,6,13-14,17H2,1H3. The van der Waals surface area contributed by atoms with Crippen molar-refractivity contribution in [2.75, 3.05) is 22.7 Å². The zero-order chi connectivity index (χ0) is 25.2. The van der Waals surface area contributed by atoms with Crippen LogP contribution in [0.2, 0.25) is 0 Å². The van der Waals surface area contributed by atoms with Crippen molar-refractivity contribution in [1.29, 1.82) is 0 Å². The summed E-state index contributed by atoms with van der Waals surface area (Å²) < 4.78 is 67.7. The molecule has 3 aromatic rings. The van der Waals surface area contributed by atoms with Crippen LogP contribution in [0.4, 0.5) is 29.3 Å². The first-order valence-electron chi connectivity index (χ1n) is 11.0. The summed E-state index contributed by atoms with van der Waals surface area (Å²) in [5, 5.41) is 0. The average Bonchev–Trinajstić information content (AvgIpc) is 2.81. The number of amides is 2. The van der Waals surface area contributed by atoms with Crippen LogP contribution in [0.1, 0.15) is 23.1 Å². The van der Waals surface area contributed by atoms with Gasteiger partial charge in [-0.2, -0.15) is 13.2 Å². The Morgan fingerprint density at radius 3 is 2.40 bits per heavy atom. The third kappa shape index (κ3) is 5.59. The Kier molecular flexibility index (Phi) is 6.75. The summed E-state index contributed by atoms with van der Waals surface area (Å²) in [4.78, 5) is 16.3. The molecule has 0 aliphatic carbocycles. The number of alkyl halides is 3. The van der Waals surface area contributed by atoms with Gasteiger partial charge in [0.05, 0.1) is 21.8 Å². The van der Waals surface area contributed by atoms with Gasteiger partial charge in [0.2, 0.25) is 0 Å². The van der Waals surface area contributed by atoms with Crippen molar-refractivity contribution in [3.63, 3.8) is 0 Å². The zero-order valence-electron chi connectivity index (χ0n) is 18.9. The molecule has 35 heavy (non-hydrogen) atoms. The quantitative estimate of drug-likeness (QED) is 0.473. The lowest BCUT2D eigenvalue weighted by Gasteiger charge is -2.36. The van der Waals surface area contributed by atoms with Crippen molar-refractivity contribution in [2.24, 2.45) is 0 Å². The zero-order valence-corrected chi connectivity index (χ0v) is 19.7. The lowest BCUT2D eigenvalue weighted by Crippen LogP contribution is -2.49. The number of sulfonamides is 1. The van der Waals surface area contributed by atoms with Crippen molar-refractivity contribution >= 4 is 27.4 Å². The Hall–Kier alpha value is -3.53. The second-order valence-corrected chi connectivity index (χ2v) is 10.0. The van der Waals surface area contributed by atoms with E-state index in [-0.39, 0.29) is 17.1 Å². The molecule has 1 saturated heterocycles. The van der Waals surface area contributed by atoms with Crippen molar-refractivity contribution in [2.45, 2.75) is 31.0 Å². The summed E-state index contributed by atoms with van der Waals surface area (Å²) >= 11 is 0. The SMILES string of the molecule is Cc1ccc(N2CCCN(Cc3cccc(C(F)(F)F)c3)C2=O)c(NS(=O)(=O)c2ccccc2)c1. The molecule has 0 atom stereocenters. The second-order valence-electron chi connectivity index (χ2n) is 8.35. The van der Waals surface area contributed by atoms with E-state index in [2.05, 4.69) is 4.72 Å². The fraction of sp³-hybridized carbons (Fsp3) is 0.240. The lowest BCUT2D eigenvalue weighted by atomic mass is 10.1. The summed E-state index contributed by atoms with van der Waals surface area (Å²) in [6.45, 7) is 2.54. The Labute approximate surface area is 202 Å². The maximum atomic E-state index is 13.3. The predicted octanol–water partition coefficient (Wildman–Crippen LogP) is 5.65. The first-order valence-corrected chi connectivity index (χ1v) is 12.4. The second kappa shape index (κ2) is 9.61. The number of benzene rings is 3. The Morgan fingerprint density at radius 1 is 0.943 bits per heavy atom. The molecule has 184 valence electrons. The molecule has 4 rings (SSSR count). The molecule has 0 unspecified atom stereocenters. The molecule has 2 amide bonds. The molecule has 0 spiro atoms. The number of hydrogen-bond acceptors (Lipinski definition) is 3. The number of nitrogens with zero attached hydrogens (tertiary/aromatic N) is 2. The number of halogens is 3. The first kappa shape index (κ1) is 24.6. The average molecular weight is 504 g/mol. The summed E-state index contributed by atoms with van der Waals surface area (Å²) in [5.74, 6) is 0. The largest absolute Gasteiger partial charge is 0.416 e. The third-order valence-corrected chi connectivity index (χ3v) is 7.06. The maximum Gasteiger partial charge on any atom is 0.416 e. The smallest absolute Gasteiger partial charge is 0.320 e. The molecular formula is C25H24F3N3O3S. The van der Waals surface area contributed by atoms with Gasteiger partial charge in [0.25, 0.3) is 10.0 Å². The summed E-state index contributed by atoms with van der Waals surface area (Å²) in [6, 6.07) is 17.5. The molecular weight excluding hydrogens is 479 g/mol. The minimum Gasteiger partial charge on any atom is -0.320 e. The number of anilines is 2. The van der Waals surface area contributed by atoms with E-state index in [1.54, 1.807) is 42.5 Å². The first-order chi connectivity index (χ1) is 16.5. The molecule has 10 heteroatoms. The number of rotatable bonds is 6. The van der Waals surface area contributed by atoms with E-state index in [4.69, 9.17) is 0 Å². The number of carbonyl (C=O) groups is 1. The molecule has 1 aliphatic rings. The molecule has 1 fully saturated rings. The fourth-order valence-electron chi connectivity index (χ4n) is 3.99. The van der Waals surface area contributed by atoms with Crippen molar-refractivity contribution in [3.05, 3.63) is 89.5 Å². The molecule has 1 heterocycles. The minimum absolute atomic E-state index is 0.0101. The highest BCUT2D eigenvalue weighted by atomic mass is 32.2. The van der Waals surface area contributed by atoms with Crippen LogP contribution in [0.3, 0.4) is 0 Å². The highest BCUT2D eigenvalue weighted by molar-refractivity contribution is 7.92. The van der Waals surface area contributed by atoms with Gasteiger partial charge in [0, 0.05) is 19.6 Å². The van der Waals surface area contributed by atoms with Crippen LogP contribution >= 0.6 is 0 Å².